The molecule has 0 amide bonds. The van der Waals surface area contributed by atoms with E-state index in [-0.39, 0.29) is 23.6 Å². The van der Waals surface area contributed by atoms with E-state index in [0.29, 0.717) is 52.2 Å². The minimum atomic E-state index is -0.524. The lowest BCUT2D eigenvalue weighted by Crippen LogP contribution is -2.37. The lowest BCUT2D eigenvalue weighted by molar-refractivity contribution is -0.118. The highest BCUT2D eigenvalue weighted by Crippen LogP contribution is 2.49. The quantitative estimate of drug-likeness (QED) is 0.395. The molecule has 0 saturated carbocycles. The Hall–Kier alpha value is -3.52. The van der Waals surface area contributed by atoms with Crippen LogP contribution in [0.25, 0.3) is 0 Å². The Labute approximate surface area is 207 Å². The van der Waals surface area contributed by atoms with Crippen LogP contribution in [0.2, 0.25) is 0 Å². The molecule has 1 aliphatic carbocycles. The molecular formula is C27H25N3O4S. The molecule has 0 unspecified atom stereocenters. The number of benzene rings is 2. The van der Waals surface area contributed by atoms with Crippen molar-refractivity contribution < 1.29 is 14.3 Å². The summed E-state index contributed by atoms with van der Waals surface area (Å²) in [5.74, 6) is 2.01. The van der Waals surface area contributed by atoms with Crippen LogP contribution in [-0.2, 0) is 10.5 Å². The van der Waals surface area contributed by atoms with E-state index in [9.17, 15) is 9.59 Å². The molecule has 178 valence electrons. The smallest absolute Gasteiger partial charge is 0.257 e. The van der Waals surface area contributed by atoms with E-state index in [4.69, 9.17) is 14.5 Å². The number of nitrogens with one attached hydrogen (secondary N) is 2. The molecule has 2 aromatic carbocycles. The number of anilines is 1. The number of thioether (sulfide) groups is 1. The van der Waals surface area contributed by atoms with Gasteiger partial charge in [-0.05, 0) is 35.1 Å². The molecule has 7 nitrogen and oxygen atoms in total. The average molecular weight is 488 g/mol. The highest BCUT2D eigenvalue weighted by atomic mass is 32.2. The number of Topliss-reactive ketones (excluding diaryl/α,β-unsaturated/α-hetero) is 1. The van der Waals surface area contributed by atoms with Gasteiger partial charge in [-0.15, -0.1) is 0 Å². The van der Waals surface area contributed by atoms with Gasteiger partial charge in [0.15, 0.2) is 22.4 Å². The van der Waals surface area contributed by atoms with Crippen LogP contribution in [0.5, 0.6) is 11.5 Å². The first-order valence-corrected chi connectivity index (χ1v) is 12.6. The summed E-state index contributed by atoms with van der Waals surface area (Å²) in [7, 11) is 0. The number of allylic oxidation sites excluding steroid dienone is 2. The summed E-state index contributed by atoms with van der Waals surface area (Å²) >= 11 is 1.48. The van der Waals surface area contributed by atoms with Crippen molar-refractivity contribution in [2.24, 2.45) is 5.41 Å². The number of aromatic amines is 1. The molecule has 2 N–H and O–H groups in total. The zero-order chi connectivity index (χ0) is 24.2. The van der Waals surface area contributed by atoms with Crippen LogP contribution >= 0.6 is 11.8 Å². The van der Waals surface area contributed by atoms with Crippen molar-refractivity contribution in [1.82, 2.24) is 9.97 Å². The molecule has 0 saturated heterocycles. The fourth-order valence-corrected chi connectivity index (χ4v) is 5.93. The summed E-state index contributed by atoms with van der Waals surface area (Å²) in [4.78, 5) is 34.6. The van der Waals surface area contributed by atoms with E-state index in [1.807, 2.05) is 48.5 Å². The topological polar surface area (TPSA) is 93.3 Å². The molecule has 35 heavy (non-hydrogen) atoms. The maximum absolute atomic E-state index is 13.5. The zero-order valence-corrected chi connectivity index (χ0v) is 20.3. The predicted molar refractivity (Wildman–Crippen MR) is 134 cm³/mol. The van der Waals surface area contributed by atoms with Crippen molar-refractivity contribution >= 4 is 23.4 Å². The summed E-state index contributed by atoms with van der Waals surface area (Å²) in [6.07, 6.45) is 1.13. The highest BCUT2D eigenvalue weighted by molar-refractivity contribution is 7.98. The first kappa shape index (κ1) is 22.0. The third-order valence-electron chi connectivity index (χ3n) is 6.65. The number of nitrogens with zero attached hydrogens (tertiary/aromatic N) is 1. The van der Waals surface area contributed by atoms with E-state index in [1.165, 1.54) is 11.8 Å². The molecule has 0 radical (unpaired) electrons. The molecule has 1 atom stereocenters. The van der Waals surface area contributed by atoms with Crippen LogP contribution in [0, 0.1) is 5.41 Å². The van der Waals surface area contributed by atoms with Gasteiger partial charge in [0.2, 0.25) is 6.79 Å². The van der Waals surface area contributed by atoms with E-state index >= 15 is 0 Å². The Morgan fingerprint density at radius 1 is 1.06 bits per heavy atom. The largest absolute Gasteiger partial charge is 0.454 e. The van der Waals surface area contributed by atoms with Gasteiger partial charge in [-0.1, -0.05) is 62.0 Å². The molecule has 3 aromatic rings. The molecule has 8 heteroatoms. The van der Waals surface area contributed by atoms with Gasteiger partial charge in [-0.3, -0.25) is 9.59 Å². The molecule has 3 aliphatic rings. The Morgan fingerprint density at radius 3 is 2.69 bits per heavy atom. The van der Waals surface area contributed by atoms with Crippen LogP contribution < -0.4 is 20.3 Å². The van der Waals surface area contributed by atoms with Crippen LogP contribution in [-0.4, -0.2) is 22.5 Å². The second kappa shape index (κ2) is 8.30. The van der Waals surface area contributed by atoms with Crippen LogP contribution in [0.4, 0.5) is 5.82 Å². The predicted octanol–water partition coefficient (Wildman–Crippen LogP) is 4.99. The van der Waals surface area contributed by atoms with Gasteiger partial charge in [0.25, 0.3) is 5.56 Å². The molecule has 3 heterocycles. The lowest BCUT2D eigenvalue weighted by Gasteiger charge is -2.38. The summed E-state index contributed by atoms with van der Waals surface area (Å²) < 4.78 is 11.1. The summed E-state index contributed by atoms with van der Waals surface area (Å²) in [6.45, 7) is 4.34. The SMILES string of the molecule is CC1(C)CC(=O)C2=C(C1)Nc1nc(SCc3ccccc3)[nH]c(=O)c1[C@H]2c1ccc2c(c1)OCO2. The Morgan fingerprint density at radius 2 is 1.86 bits per heavy atom. The van der Waals surface area contributed by atoms with Crippen LogP contribution in [0.15, 0.2) is 69.8 Å². The molecule has 0 spiro atoms. The molecular weight excluding hydrogens is 462 g/mol. The first-order chi connectivity index (χ1) is 16.9. The average Bonchev–Trinajstić information content (AvgIpc) is 3.29. The van der Waals surface area contributed by atoms with Gasteiger partial charge in [0.05, 0.1) is 5.56 Å². The molecule has 2 aliphatic heterocycles. The second-order valence-electron chi connectivity index (χ2n) is 9.91. The minimum Gasteiger partial charge on any atom is -0.454 e. The van der Waals surface area contributed by atoms with E-state index in [0.717, 1.165) is 16.8 Å². The Kier molecular flexibility index (Phi) is 5.21. The number of hydrogen-bond acceptors (Lipinski definition) is 7. The van der Waals surface area contributed by atoms with Crippen molar-refractivity contribution in [3.63, 3.8) is 0 Å². The second-order valence-corrected chi connectivity index (χ2v) is 10.9. The van der Waals surface area contributed by atoms with Crippen molar-refractivity contribution in [3.05, 3.63) is 86.8 Å². The van der Waals surface area contributed by atoms with Gasteiger partial charge in [-0.2, -0.15) is 0 Å². The van der Waals surface area contributed by atoms with Crippen molar-refractivity contribution in [1.29, 1.82) is 0 Å². The zero-order valence-electron chi connectivity index (χ0n) is 19.5. The third-order valence-corrected chi connectivity index (χ3v) is 7.59. The number of ketones is 1. The number of hydrogen-bond donors (Lipinski definition) is 2. The van der Waals surface area contributed by atoms with Crippen molar-refractivity contribution in [2.45, 2.75) is 43.5 Å². The maximum atomic E-state index is 13.5. The van der Waals surface area contributed by atoms with E-state index < -0.39 is 5.92 Å². The number of carbonyl (C=O) groups is 1. The molecule has 0 fully saturated rings. The van der Waals surface area contributed by atoms with Gasteiger partial charge < -0.3 is 19.8 Å². The number of H-pyrrole nitrogens is 1. The highest BCUT2D eigenvalue weighted by Gasteiger charge is 2.42. The van der Waals surface area contributed by atoms with Crippen LogP contribution in [0.1, 0.15) is 49.3 Å². The standard InChI is InChI=1S/C27H25N3O4S/c1-27(2)11-17-22(18(31)12-27)21(16-8-9-19-20(10-16)34-14-33-19)23-24(28-17)29-26(30-25(23)32)35-13-15-6-4-3-5-7-15/h3-10,21H,11-14H2,1-2H3,(H2,28,29,30,32)/t21-/m0/s1. The molecule has 1 aromatic heterocycles. The number of rotatable bonds is 4. The van der Waals surface area contributed by atoms with Crippen molar-refractivity contribution in [3.8, 4) is 11.5 Å². The van der Waals surface area contributed by atoms with Gasteiger partial charge in [-0.25, -0.2) is 4.98 Å². The Balaban J connectivity index is 1.45. The van der Waals surface area contributed by atoms with Gasteiger partial charge in [0.1, 0.15) is 5.82 Å². The van der Waals surface area contributed by atoms with Gasteiger partial charge >= 0.3 is 0 Å². The van der Waals surface area contributed by atoms with Crippen molar-refractivity contribution in [2.75, 3.05) is 12.1 Å². The first-order valence-electron chi connectivity index (χ1n) is 11.6. The minimum absolute atomic E-state index is 0.0546. The van der Waals surface area contributed by atoms with E-state index in [2.05, 4.69) is 24.1 Å². The lowest BCUT2D eigenvalue weighted by atomic mass is 9.69. The molecule has 0 bridgehead atoms. The van der Waals surface area contributed by atoms with Gasteiger partial charge in [0, 0.05) is 29.4 Å². The number of carbonyl (C=O) groups excluding carboxylic acids is 1. The normalized spacial score (nSPS) is 19.7. The summed E-state index contributed by atoms with van der Waals surface area (Å²) in [5.41, 5.74) is 3.49. The maximum Gasteiger partial charge on any atom is 0.257 e. The molecule has 6 rings (SSSR count). The fourth-order valence-electron chi connectivity index (χ4n) is 5.11. The summed E-state index contributed by atoms with van der Waals surface area (Å²) in [5, 5.41) is 3.92. The number of fused-ring (bicyclic) bond motifs is 2. The third kappa shape index (κ3) is 4.01. The summed E-state index contributed by atoms with van der Waals surface area (Å²) in [6, 6.07) is 15.7. The number of aromatic nitrogens is 2. The van der Waals surface area contributed by atoms with E-state index in [1.54, 1.807) is 0 Å². The number of ether oxygens (including phenoxy) is 2. The Bertz CT molecular complexity index is 1430. The monoisotopic (exact) mass is 487 g/mol. The fraction of sp³-hybridized carbons (Fsp3) is 0.296. The van der Waals surface area contributed by atoms with Crippen LogP contribution in [0.3, 0.4) is 0 Å².